The number of guanidine groups is 1. The Morgan fingerprint density at radius 3 is 2.33 bits per heavy atom. The number of nitrogens with one attached hydrogen (secondary N) is 3. The van der Waals surface area contributed by atoms with Gasteiger partial charge in [-0.25, -0.2) is 13.1 Å². The van der Waals surface area contributed by atoms with Gasteiger partial charge in [0.25, 0.3) is 0 Å². The molecule has 0 heterocycles. The quantitative estimate of drug-likeness (QED) is 0.341. The molecule has 1 aromatic carbocycles. The molecular weight excluding hydrogens is 324 g/mol. The van der Waals surface area contributed by atoms with Crippen molar-refractivity contribution in [1.29, 1.82) is 0 Å². The van der Waals surface area contributed by atoms with Gasteiger partial charge < -0.3 is 10.6 Å². The number of sulfonamides is 1. The Kier molecular flexibility index (Phi) is 9.41. The largest absolute Gasteiger partial charge is 0.356 e. The van der Waals surface area contributed by atoms with E-state index in [0.29, 0.717) is 19.0 Å². The summed E-state index contributed by atoms with van der Waals surface area (Å²) in [7, 11) is -1.74. The lowest BCUT2D eigenvalue weighted by Gasteiger charge is -2.12. The second-order valence-electron chi connectivity index (χ2n) is 6.03. The predicted molar refractivity (Wildman–Crippen MR) is 99.7 cm³/mol. The summed E-state index contributed by atoms with van der Waals surface area (Å²) in [6.07, 6.45) is 3.52. The Labute approximate surface area is 146 Å². The van der Waals surface area contributed by atoms with E-state index in [4.69, 9.17) is 0 Å². The lowest BCUT2D eigenvalue weighted by molar-refractivity contribution is 0.534. The maximum Gasteiger partial charge on any atom is 0.240 e. The molecule has 24 heavy (non-hydrogen) atoms. The molecule has 0 radical (unpaired) electrons. The van der Waals surface area contributed by atoms with Crippen LogP contribution >= 0.6 is 0 Å². The molecule has 6 nitrogen and oxygen atoms in total. The zero-order valence-electron chi connectivity index (χ0n) is 14.9. The fourth-order valence-electron chi connectivity index (χ4n) is 2.15. The van der Waals surface area contributed by atoms with Crippen LogP contribution < -0.4 is 15.4 Å². The van der Waals surface area contributed by atoms with Crippen LogP contribution in [0.15, 0.2) is 40.2 Å². The van der Waals surface area contributed by atoms with Gasteiger partial charge in [-0.05, 0) is 24.5 Å². The Hall–Kier alpha value is -1.60. The third kappa shape index (κ3) is 8.31. The van der Waals surface area contributed by atoms with Gasteiger partial charge in [0.1, 0.15) is 0 Å². The minimum Gasteiger partial charge on any atom is -0.356 e. The molecule has 0 aliphatic rings. The van der Waals surface area contributed by atoms with Crippen LogP contribution in [0.5, 0.6) is 0 Å². The highest BCUT2D eigenvalue weighted by Crippen LogP contribution is 2.06. The van der Waals surface area contributed by atoms with E-state index in [0.717, 1.165) is 18.9 Å². The molecule has 0 atom stereocenters. The highest BCUT2D eigenvalue weighted by atomic mass is 32.2. The minimum absolute atomic E-state index is 0.276. The van der Waals surface area contributed by atoms with Crippen molar-refractivity contribution in [3.05, 3.63) is 30.3 Å². The van der Waals surface area contributed by atoms with Crippen LogP contribution in [0.25, 0.3) is 0 Å². The van der Waals surface area contributed by atoms with Crippen molar-refractivity contribution in [3.8, 4) is 0 Å². The van der Waals surface area contributed by atoms with Gasteiger partial charge in [0.05, 0.1) is 4.90 Å². The fraction of sp³-hybridized carbons (Fsp3) is 0.588. The van der Waals surface area contributed by atoms with Crippen molar-refractivity contribution in [2.24, 2.45) is 10.9 Å². The summed E-state index contributed by atoms with van der Waals surface area (Å²) in [5.41, 5.74) is 0. The van der Waals surface area contributed by atoms with E-state index < -0.39 is 10.0 Å². The normalized spacial score (nSPS) is 12.4. The predicted octanol–water partition coefficient (Wildman–Crippen LogP) is 1.96. The molecule has 7 heteroatoms. The molecule has 0 bridgehead atoms. The summed E-state index contributed by atoms with van der Waals surface area (Å²) < 4.78 is 26.7. The number of unbranched alkanes of at least 4 members (excludes halogenated alkanes) is 1. The van der Waals surface area contributed by atoms with E-state index in [2.05, 4.69) is 34.2 Å². The molecule has 0 aliphatic heterocycles. The average molecular weight is 355 g/mol. The van der Waals surface area contributed by atoms with E-state index in [1.165, 1.54) is 12.8 Å². The Bertz CT molecular complexity index is 586. The smallest absolute Gasteiger partial charge is 0.240 e. The molecule has 0 saturated carbocycles. The van der Waals surface area contributed by atoms with Crippen LogP contribution in [-0.2, 0) is 10.0 Å². The maximum absolute atomic E-state index is 12.1. The maximum atomic E-state index is 12.1. The number of hydrogen-bond donors (Lipinski definition) is 3. The van der Waals surface area contributed by atoms with Crippen molar-refractivity contribution in [1.82, 2.24) is 15.4 Å². The third-order valence-electron chi connectivity index (χ3n) is 3.49. The van der Waals surface area contributed by atoms with Gasteiger partial charge in [-0.3, -0.25) is 4.99 Å². The zero-order valence-corrected chi connectivity index (χ0v) is 15.7. The monoisotopic (exact) mass is 354 g/mol. The van der Waals surface area contributed by atoms with Crippen LogP contribution in [0.3, 0.4) is 0 Å². The fourth-order valence-corrected chi connectivity index (χ4v) is 3.21. The third-order valence-corrected chi connectivity index (χ3v) is 4.96. The average Bonchev–Trinajstić information content (AvgIpc) is 2.57. The van der Waals surface area contributed by atoms with Crippen LogP contribution in [-0.4, -0.2) is 41.1 Å². The highest BCUT2D eigenvalue weighted by Gasteiger charge is 2.11. The van der Waals surface area contributed by atoms with Crippen molar-refractivity contribution in [3.63, 3.8) is 0 Å². The zero-order chi connectivity index (χ0) is 17.8. The van der Waals surface area contributed by atoms with E-state index in [1.807, 2.05) is 0 Å². The highest BCUT2D eigenvalue weighted by molar-refractivity contribution is 7.89. The van der Waals surface area contributed by atoms with Crippen LogP contribution in [0.1, 0.15) is 33.1 Å². The molecule has 1 rings (SSSR count). The van der Waals surface area contributed by atoms with Crippen molar-refractivity contribution < 1.29 is 8.42 Å². The first-order valence-corrected chi connectivity index (χ1v) is 9.93. The topological polar surface area (TPSA) is 82.6 Å². The molecule has 0 unspecified atom stereocenters. The summed E-state index contributed by atoms with van der Waals surface area (Å²) in [5.74, 6) is 1.43. The van der Waals surface area contributed by atoms with Gasteiger partial charge >= 0.3 is 0 Å². The Balaban J connectivity index is 2.23. The lowest BCUT2D eigenvalue weighted by atomic mass is 10.1. The molecule has 0 aliphatic carbocycles. The van der Waals surface area contributed by atoms with Gasteiger partial charge in [0, 0.05) is 26.7 Å². The van der Waals surface area contributed by atoms with Gasteiger partial charge in [0.2, 0.25) is 10.0 Å². The van der Waals surface area contributed by atoms with Gasteiger partial charge in [-0.2, -0.15) is 0 Å². The number of rotatable bonds is 10. The van der Waals surface area contributed by atoms with E-state index in [1.54, 1.807) is 37.4 Å². The molecule has 0 aromatic heterocycles. The first-order valence-electron chi connectivity index (χ1n) is 8.45. The second kappa shape index (κ2) is 11.0. The summed E-state index contributed by atoms with van der Waals surface area (Å²) >= 11 is 0. The summed E-state index contributed by atoms with van der Waals surface area (Å²) in [6, 6.07) is 8.36. The lowest BCUT2D eigenvalue weighted by Crippen LogP contribution is -2.41. The standard InChI is InChI=1S/C17H30N4O2S/c1-15(2)9-7-8-12-19-17(18-3)20-13-14-21-24(22,23)16-10-5-4-6-11-16/h4-6,10-11,15,21H,7-9,12-14H2,1-3H3,(H2,18,19,20). The van der Waals surface area contributed by atoms with Gasteiger partial charge in [-0.1, -0.05) is 44.9 Å². The first-order chi connectivity index (χ1) is 11.5. The number of hydrogen-bond acceptors (Lipinski definition) is 3. The second-order valence-corrected chi connectivity index (χ2v) is 7.79. The van der Waals surface area contributed by atoms with Gasteiger partial charge in [0.15, 0.2) is 5.96 Å². The van der Waals surface area contributed by atoms with Crippen LogP contribution in [0.2, 0.25) is 0 Å². The van der Waals surface area contributed by atoms with E-state index in [9.17, 15) is 8.42 Å². The first kappa shape index (κ1) is 20.4. The van der Waals surface area contributed by atoms with Crippen molar-refractivity contribution >= 4 is 16.0 Å². The number of benzene rings is 1. The molecule has 1 aromatic rings. The molecule has 0 amide bonds. The number of nitrogens with zero attached hydrogens (tertiary/aromatic N) is 1. The van der Waals surface area contributed by atoms with E-state index in [-0.39, 0.29) is 4.90 Å². The Morgan fingerprint density at radius 2 is 1.71 bits per heavy atom. The molecular formula is C17H30N4O2S. The SMILES string of the molecule is CN=C(NCCCCC(C)C)NCCNS(=O)(=O)c1ccccc1. The van der Waals surface area contributed by atoms with E-state index >= 15 is 0 Å². The summed E-state index contributed by atoms with van der Waals surface area (Å²) in [4.78, 5) is 4.41. The van der Waals surface area contributed by atoms with Crippen LogP contribution in [0, 0.1) is 5.92 Å². The molecule has 3 N–H and O–H groups in total. The van der Waals surface area contributed by atoms with Crippen molar-refractivity contribution in [2.45, 2.75) is 38.0 Å². The molecule has 136 valence electrons. The minimum atomic E-state index is -3.45. The molecule has 0 spiro atoms. The number of aliphatic imine (C=N–C) groups is 1. The Morgan fingerprint density at radius 1 is 1.04 bits per heavy atom. The van der Waals surface area contributed by atoms with Crippen molar-refractivity contribution in [2.75, 3.05) is 26.7 Å². The summed E-state index contributed by atoms with van der Waals surface area (Å²) in [6.45, 7) is 6.08. The van der Waals surface area contributed by atoms with Crippen LogP contribution in [0.4, 0.5) is 0 Å². The molecule has 0 saturated heterocycles. The van der Waals surface area contributed by atoms with Gasteiger partial charge in [-0.15, -0.1) is 0 Å². The molecule has 0 fully saturated rings. The summed E-state index contributed by atoms with van der Waals surface area (Å²) in [5, 5.41) is 6.34.